The molecule has 0 saturated heterocycles. The molecule has 98 valence electrons. The van der Waals surface area contributed by atoms with Crippen LogP contribution in [0.3, 0.4) is 0 Å². The van der Waals surface area contributed by atoms with E-state index in [0.29, 0.717) is 11.7 Å². The molecule has 1 aromatic heterocycles. The van der Waals surface area contributed by atoms with Gasteiger partial charge in [0.2, 0.25) is 0 Å². The Morgan fingerprint density at radius 3 is 2.67 bits per heavy atom. The Morgan fingerprint density at radius 2 is 2.06 bits per heavy atom. The predicted octanol–water partition coefficient (Wildman–Crippen LogP) is 2.86. The first-order valence-electron chi connectivity index (χ1n) is 6.53. The average Bonchev–Trinajstić information content (AvgIpc) is 2.40. The summed E-state index contributed by atoms with van der Waals surface area (Å²) in [5, 5.41) is 0. The van der Waals surface area contributed by atoms with E-state index in [2.05, 4.69) is 0 Å². The summed E-state index contributed by atoms with van der Waals surface area (Å²) in [6.07, 6.45) is 5.72. The molecule has 4 nitrogen and oxygen atoms in total. The lowest BCUT2D eigenvalue weighted by Crippen LogP contribution is -2.18. The second kappa shape index (κ2) is 5.85. The zero-order chi connectivity index (χ0) is 13.0. The third-order valence-corrected chi connectivity index (χ3v) is 3.35. The fourth-order valence-electron chi connectivity index (χ4n) is 2.40. The average molecular weight is 250 g/mol. The van der Waals surface area contributed by atoms with Crippen LogP contribution in [0.15, 0.2) is 21.3 Å². The zero-order valence-corrected chi connectivity index (χ0v) is 10.6. The molecule has 0 aromatic carbocycles. The maximum Gasteiger partial charge on any atom is 0.350 e. The van der Waals surface area contributed by atoms with Crippen molar-refractivity contribution in [1.29, 1.82) is 0 Å². The Bertz CT molecular complexity index is 469. The molecule has 1 aliphatic carbocycles. The van der Waals surface area contributed by atoms with E-state index in [1.54, 1.807) is 13.0 Å². The number of ether oxygens (including phenoxy) is 1. The SMILES string of the molecule is CCOC(=O)c1ccc(C2CCCCC2)oc1=O. The molecule has 1 aliphatic rings. The maximum absolute atomic E-state index is 11.7. The summed E-state index contributed by atoms with van der Waals surface area (Å²) in [6.45, 7) is 1.96. The van der Waals surface area contributed by atoms with Gasteiger partial charge in [0, 0.05) is 5.92 Å². The maximum atomic E-state index is 11.7. The molecule has 0 radical (unpaired) electrons. The summed E-state index contributed by atoms with van der Waals surface area (Å²) in [5.74, 6) is 0.414. The number of carbonyl (C=O) groups is 1. The summed E-state index contributed by atoms with van der Waals surface area (Å²) < 4.78 is 10.1. The van der Waals surface area contributed by atoms with Crippen LogP contribution in [0.4, 0.5) is 0 Å². The van der Waals surface area contributed by atoms with Gasteiger partial charge in [-0.05, 0) is 31.9 Å². The van der Waals surface area contributed by atoms with Crippen LogP contribution >= 0.6 is 0 Å². The molecule has 1 aromatic rings. The Labute approximate surface area is 106 Å². The van der Waals surface area contributed by atoms with E-state index in [9.17, 15) is 9.59 Å². The van der Waals surface area contributed by atoms with E-state index in [0.717, 1.165) is 12.8 Å². The lowest BCUT2D eigenvalue weighted by Gasteiger charge is -2.20. The van der Waals surface area contributed by atoms with Crippen LogP contribution < -0.4 is 5.63 Å². The molecule has 0 bridgehead atoms. The highest BCUT2D eigenvalue weighted by Crippen LogP contribution is 2.31. The third kappa shape index (κ3) is 2.81. The Hall–Kier alpha value is -1.58. The van der Waals surface area contributed by atoms with Gasteiger partial charge in [-0.15, -0.1) is 0 Å². The van der Waals surface area contributed by atoms with Crippen LogP contribution in [0, 0.1) is 0 Å². The first-order valence-corrected chi connectivity index (χ1v) is 6.53. The van der Waals surface area contributed by atoms with E-state index in [-0.39, 0.29) is 12.2 Å². The minimum absolute atomic E-state index is 0.0172. The van der Waals surface area contributed by atoms with Crippen LogP contribution in [-0.4, -0.2) is 12.6 Å². The summed E-state index contributed by atoms with van der Waals surface area (Å²) >= 11 is 0. The van der Waals surface area contributed by atoms with Gasteiger partial charge in [-0.1, -0.05) is 19.3 Å². The lowest BCUT2D eigenvalue weighted by molar-refractivity contribution is 0.0520. The van der Waals surface area contributed by atoms with Crippen molar-refractivity contribution >= 4 is 5.97 Å². The standard InChI is InChI=1S/C14H18O4/c1-2-17-13(15)11-8-9-12(18-14(11)16)10-6-4-3-5-7-10/h8-10H,2-7H2,1H3. The molecule has 1 saturated carbocycles. The highest BCUT2D eigenvalue weighted by atomic mass is 16.5. The highest BCUT2D eigenvalue weighted by Gasteiger charge is 2.20. The van der Waals surface area contributed by atoms with Gasteiger partial charge in [0.1, 0.15) is 11.3 Å². The molecular weight excluding hydrogens is 232 g/mol. The number of hydrogen-bond donors (Lipinski definition) is 0. The number of hydrogen-bond acceptors (Lipinski definition) is 4. The fraction of sp³-hybridized carbons (Fsp3) is 0.571. The Balaban J connectivity index is 2.19. The van der Waals surface area contributed by atoms with Gasteiger partial charge >= 0.3 is 11.6 Å². The topological polar surface area (TPSA) is 56.5 Å². The summed E-state index contributed by atoms with van der Waals surface area (Å²) in [4.78, 5) is 23.2. The van der Waals surface area contributed by atoms with Crippen LogP contribution in [0.1, 0.15) is 61.1 Å². The summed E-state index contributed by atoms with van der Waals surface area (Å²) in [6, 6.07) is 3.26. The first kappa shape index (κ1) is 12.9. The van der Waals surface area contributed by atoms with Crippen LogP contribution in [0.25, 0.3) is 0 Å². The van der Waals surface area contributed by atoms with Gasteiger partial charge in [0.25, 0.3) is 0 Å². The fourth-order valence-corrected chi connectivity index (χ4v) is 2.40. The molecule has 0 atom stereocenters. The van der Waals surface area contributed by atoms with Gasteiger partial charge < -0.3 is 9.15 Å². The van der Waals surface area contributed by atoms with E-state index in [4.69, 9.17) is 9.15 Å². The normalized spacial score (nSPS) is 16.5. The third-order valence-electron chi connectivity index (χ3n) is 3.35. The van der Waals surface area contributed by atoms with Gasteiger partial charge in [-0.2, -0.15) is 0 Å². The van der Waals surface area contributed by atoms with Gasteiger partial charge in [0.15, 0.2) is 0 Å². The van der Waals surface area contributed by atoms with Crippen LogP contribution in [0.5, 0.6) is 0 Å². The molecule has 2 rings (SSSR count). The first-order chi connectivity index (χ1) is 8.72. The molecule has 0 unspecified atom stereocenters. The molecule has 1 fully saturated rings. The second-order valence-electron chi connectivity index (χ2n) is 4.59. The molecule has 18 heavy (non-hydrogen) atoms. The van der Waals surface area contributed by atoms with Crippen molar-refractivity contribution in [3.05, 3.63) is 33.9 Å². The van der Waals surface area contributed by atoms with E-state index >= 15 is 0 Å². The molecule has 4 heteroatoms. The van der Waals surface area contributed by atoms with Crippen molar-refractivity contribution in [2.75, 3.05) is 6.61 Å². The monoisotopic (exact) mass is 250 g/mol. The second-order valence-corrected chi connectivity index (χ2v) is 4.59. The number of carbonyl (C=O) groups excluding carboxylic acids is 1. The van der Waals surface area contributed by atoms with Crippen molar-refractivity contribution in [2.24, 2.45) is 0 Å². The molecular formula is C14H18O4. The lowest BCUT2D eigenvalue weighted by atomic mass is 9.87. The smallest absolute Gasteiger partial charge is 0.350 e. The van der Waals surface area contributed by atoms with Crippen molar-refractivity contribution < 1.29 is 13.9 Å². The zero-order valence-electron chi connectivity index (χ0n) is 10.6. The molecule has 0 amide bonds. The van der Waals surface area contributed by atoms with Crippen molar-refractivity contribution in [3.63, 3.8) is 0 Å². The minimum Gasteiger partial charge on any atom is -0.462 e. The number of rotatable bonds is 3. The molecule has 0 aliphatic heterocycles. The van der Waals surface area contributed by atoms with E-state index in [1.165, 1.54) is 25.3 Å². The Morgan fingerprint density at radius 1 is 1.33 bits per heavy atom. The van der Waals surface area contributed by atoms with Gasteiger partial charge in [-0.25, -0.2) is 9.59 Å². The molecule has 0 spiro atoms. The highest BCUT2D eigenvalue weighted by molar-refractivity contribution is 5.88. The van der Waals surface area contributed by atoms with Crippen LogP contribution in [0.2, 0.25) is 0 Å². The van der Waals surface area contributed by atoms with E-state index < -0.39 is 11.6 Å². The van der Waals surface area contributed by atoms with Crippen molar-refractivity contribution in [1.82, 2.24) is 0 Å². The minimum atomic E-state index is -0.610. The molecule has 0 N–H and O–H groups in total. The largest absolute Gasteiger partial charge is 0.462 e. The van der Waals surface area contributed by atoms with Gasteiger partial charge in [-0.3, -0.25) is 0 Å². The van der Waals surface area contributed by atoms with Crippen LogP contribution in [-0.2, 0) is 4.74 Å². The predicted molar refractivity (Wildman–Crippen MR) is 66.8 cm³/mol. The number of esters is 1. The van der Waals surface area contributed by atoms with Crippen molar-refractivity contribution in [2.45, 2.75) is 44.9 Å². The Kier molecular flexibility index (Phi) is 4.18. The quantitative estimate of drug-likeness (QED) is 0.774. The summed E-state index contributed by atoms with van der Waals surface area (Å²) in [5.41, 5.74) is -0.604. The van der Waals surface area contributed by atoms with Gasteiger partial charge in [0.05, 0.1) is 6.61 Å². The molecule has 1 heterocycles. The van der Waals surface area contributed by atoms with Crippen molar-refractivity contribution in [3.8, 4) is 0 Å². The van der Waals surface area contributed by atoms with E-state index in [1.807, 2.05) is 0 Å². The summed E-state index contributed by atoms with van der Waals surface area (Å²) in [7, 11) is 0.